The van der Waals surface area contributed by atoms with Crippen LogP contribution in [0.2, 0.25) is 0 Å². The van der Waals surface area contributed by atoms with E-state index in [-0.39, 0.29) is 4.90 Å². The molecule has 0 radical (unpaired) electrons. The summed E-state index contributed by atoms with van der Waals surface area (Å²) in [4.78, 5) is 4.02. The Balaban J connectivity index is 1.36. The van der Waals surface area contributed by atoms with Crippen molar-refractivity contribution in [2.24, 2.45) is 0 Å². The fraction of sp³-hybridized carbons (Fsp3) is 0.0556. The number of aromatic nitrogens is 1. The maximum absolute atomic E-state index is 14.0. The van der Waals surface area contributed by atoms with Gasteiger partial charge in [-0.2, -0.15) is 0 Å². The number of benzene rings is 4. The van der Waals surface area contributed by atoms with Crippen molar-refractivity contribution in [2.75, 3.05) is 0 Å². The van der Waals surface area contributed by atoms with Gasteiger partial charge in [-0.15, -0.1) is 34.0 Å². The molecule has 0 saturated heterocycles. The molecule has 0 fully saturated rings. The molecular weight excluding hydrogens is 607 g/mol. The highest BCUT2D eigenvalue weighted by Gasteiger charge is 2.24. The zero-order valence-electron chi connectivity index (χ0n) is 23.4. The molecule has 0 aliphatic carbocycles. The van der Waals surface area contributed by atoms with Gasteiger partial charge in [0.1, 0.15) is 0 Å². The number of para-hydroxylation sites is 1. The third kappa shape index (κ3) is 4.30. The molecule has 3 nitrogen and oxygen atoms in total. The molecule has 0 amide bonds. The minimum atomic E-state index is -3.81. The maximum atomic E-state index is 14.0. The van der Waals surface area contributed by atoms with Crippen molar-refractivity contribution in [3.63, 3.8) is 0 Å². The lowest BCUT2D eigenvalue weighted by atomic mass is 9.99. The Morgan fingerprint density at radius 3 is 1.88 bits per heavy atom. The second-order valence-corrected chi connectivity index (χ2v) is 15.5. The van der Waals surface area contributed by atoms with Gasteiger partial charge in [0, 0.05) is 30.1 Å². The lowest BCUT2D eigenvalue weighted by Gasteiger charge is -2.09. The summed E-state index contributed by atoms with van der Waals surface area (Å²) in [5, 5.41) is 7.28. The van der Waals surface area contributed by atoms with Crippen molar-refractivity contribution in [1.82, 2.24) is 3.97 Å². The molecule has 0 bridgehead atoms. The molecule has 0 saturated carbocycles. The third-order valence-electron chi connectivity index (χ3n) is 8.01. The average Bonchev–Trinajstić information content (AvgIpc) is 3.81. The first-order valence-electron chi connectivity index (χ1n) is 13.9. The van der Waals surface area contributed by atoms with Gasteiger partial charge in [0.05, 0.1) is 15.9 Å². The Morgan fingerprint density at radius 2 is 1.23 bits per heavy atom. The first kappa shape index (κ1) is 26.6. The fourth-order valence-electron chi connectivity index (χ4n) is 5.94. The second-order valence-electron chi connectivity index (χ2n) is 10.8. The molecule has 0 spiro atoms. The highest BCUT2D eigenvalue weighted by Crippen LogP contribution is 2.43. The Hall–Kier alpha value is -4.01. The summed E-state index contributed by atoms with van der Waals surface area (Å²) < 4.78 is 30.6. The molecule has 8 rings (SSSR count). The molecule has 210 valence electrons. The predicted molar refractivity (Wildman–Crippen MR) is 185 cm³/mol. The molecule has 0 unspecified atom stereocenters. The van der Waals surface area contributed by atoms with E-state index in [2.05, 4.69) is 73.1 Å². The molecule has 0 aliphatic rings. The van der Waals surface area contributed by atoms with Crippen LogP contribution in [0.4, 0.5) is 0 Å². The monoisotopic (exact) mass is 631 g/mol. The van der Waals surface area contributed by atoms with E-state index < -0.39 is 10.0 Å². The van der Waals surface area contributed by atoms with Crippen LogP contribution in [0.25, 0.3) is 63.2 Å². The van der Waals surface area contributed by atoms with Crippen LogP contribution in [-0.4, -0.2) is 12.4 Å². The number of rotatable bonds is 5. The number of nitrogens with zero attached hydrogens (tertiary/aromatic N) is 1. The molecular formula is C36H25NO2S4. The maximum Gasteiger partial charge on any atom is 0.268 e. The molecule has 0 N–H and O–H groups in total. The van der Waals surface area contributed by atoms with Crippen LogP contribution >= 0.6 is 34.0 Å². The topological polar surface area (TPSA) is 39.1 Å². The number of fused-ring (bicyclic) bond motifs is 4. The van der Waals surface area contributed by atoms with Crippen LogP contribution in [0.15, 0.2) is 119 Å². The van der Waals surface area contributed by atoms with E-state index in [0.29, 0.717) is 11.0 Å². The van der Waals surface area contributed by atoms with E-state index in [1.807, 2.05) is 30.3 Å². The van der Waals surface area contributed by atoms with Gasteiger partial charge in [-0.05, 0) is 125 Å². The Kier molecular flexibility index (Phi) is 6.21. The Labute approximate surface area is 262 Å². The van der Waals surface area contributed by atoms with Crippen molar-refractivity contribution in [3.05, 3.63) is 125 Å². The first-order chi connectivity index (χ1) is 20.9. The van der Waals surface area contributed by atoms with Gasteiger partial charge in [-0.3, -0.25) is 0 Å². The molecule has 0 aliphatic heterocycles. The molecule has 4 aromatic heterocycles. The van der Waals surface area contributed by atoms with Crippen LogP contribution in [0.1, 0.15) is 11.1 Å². The fourth-order valence-corrected chi connectivity index (χ4v) is 10.4. The van der Waals surface area contributed by atoms with Crippen LogP contribution in [0.3, 0.4) is 0 Å². The van der Waals surface area contributed by atoms with E-state index in [1.165, 1.54) is 41.5 Å². The summed E-state index contributed by atoms with van der Waals surface area (Å²) in [7, 11) is -3.81. The van der Waals surface area contributed by atoms with Gasteiger partial charge in [0.2, 0.25) is 0 Å². The Morgan fingerprint density at radius 1 is 0.605 bits per heavy atom. The van der Waals surface area contributed by atoms with E-state index in [0.717, 1.165) is 25.7 Å². The standard InChI is InChI=1S/C36H25NO2S4/c1-22-12-14-40-35(22)26-16-24(17-27(18-26)36-23(2)13-15-41-36)33-20-25-19-30-29-10-6-7-11-31(29)37(32(30)21-34(25)42-33)43(38,39)28-8-4-3-5-9-28/h3-21H,1-2H3. The summed E-state index contributed by atoms with van der Waals surface area (Å²) in [5.41, 5.74) is 7.56. The minimum Gasteiger partial charge on any atom is -0.233 e. The molecule has 0 atom stereocenters. The molecule has 43 heavy (non-hydrogen) atoms. The molecule has 7 heteroatoms. The van der Waals surface area contributed by atoms with E-state index in [1.54, 1.807) is 58.3 Å². The van der Waals surface area contributed by atoms with Gasteiger partial charge in [0.15, 0.2) is 0 Å². The van der Waals surface area contributed by atoms with Crippen LogP contribution in [-0.2, 0) is 10.0 Å². The molecule has 4 aromatic carbocycles. The normalized spacial score (nSPS) is 12.1. The SMILES string of the molecule is Cc1ccsc1-c1cc(-c2cc3cc4c5ccccc5n(S(=O)(=O)c5ccccc5)c4cc3s2)cc(-c2sccc2C)c1. The number of hydrogen-bond acceptors (Lipinski definition) is 5. The van der Waals surface area contributed by atoms with Crippen LogP contribution < -0.4 is 0 Å². The number of hydrogen-bond donors (Lipinski definition) is 0. The quantitative estimate of drug-likeness (QED) is 0.190. The highest BCUT2D eigenvalue weighted by atomic mass is 32.2. The van der Waals surface area contributed by atoms with Crippen LogP contribution in [0, 0.1) is 13.8 Å². The van der Waals surface area contributed by atoms with Gasteiger partial charge >= 0.3 is 0 Å². The predicted octanol–water partition coefficient (Wildman–Crippen LogP) is 11.0. The highest BCUT2D eigenvalue weighted by molar-refractivity contribution is 7.90. The lowest BCUT2D eigenvalue weighted by molar-refractivity contribution is 0.590. The van der Waals surface area contributed by atoms with Gasteiger partial charge < -0.3 is 0 Å². The van der Waals surface area contributed by atoms with Gasteiger partial charge in [-0.1, -0.05) is 36.4 Å². The van der Waals surface area contributed by atoms with Crippen molar-refractivity contribution in [3.8, 4) is 31.3 Å². The second kappa shape index (κ2) is 10.0. The Bertz CT molecular complexity index is 2380. The van der Waals surface area contributed by atoms with E-state index >= 15 is 0 Å². The first-order valence-corrected chi connectivity index (χ1v) is 17.9. The summed E-state index contributed by atoms with van der Waals surface area (Å²) >= 11 is 5.26. The van der Waals surface area contributed by atoms with Gasteiger partial charge in [0.25, 0.3) is 10.0 Å². The number of aryl methyl sites for hydroxylation is 2. The van der Waals surface area contributed by atoms with Crippen molar-refractivity contribution in [1.29, 1.82) is 0 Å². The summed E-state index contributed by atoms with van der Waals surface area (Å²) in [6, 6.07) is 34.2. The minimum absolute atomic E-state index is 0.279. The molecule has 8 aromatic rings. The smallest absolute Gasteiger partial charge is 0.233 e. The van der Waals surface area contributed by atoms with Crippen molar-refractivity contribution in [2.45, 2.75) is 18.7 Å². The summed E-state index contributed by atoms with van der Waals surface area (Å²) in [6.45, 7) is 4.34. The zero-order valence-corrected chi connectivity index (χ0v) is 26.6. The lowest BCUT2D eigenvalue weighted by Crippen LogP contribution is -2.12. The van der Waals surface area contributed by atoms with Crippen molar-refractivity contribution < 1.29 is 8.42 Å². The van der Waals surface area contributed by atoms with Crippen molar-refractivity contribution >= 4 is 75.9 Å². The van der Waals surface area contributed by atoms with E-state index in [4.69, 9.17) is 0 Å². The third-order valence-corrected chi connectivity index (χ3v) is 13.0. The van der Waals surface area contributed by atoms with Gasteiger partial charge in [-0.25, -0.2) is 12.4 Å². The zero-order chi connectivity index (χ0) is 29.3. The van der Waals surface area contributed by atoms with Crippen LogP contribution in [0.5, 0.6) is 0 Å². The average molecular weight is 632 g/mol. The van der Waals surface area contributed by atoms with E-state index in [9.17, 15) is 8.42 Å². The summed E-state index contributed by atoms with van der Waals surface area (Å²) in [6.07, 6.45) is 0. The molecule has 4 heterocycles. The summed E-state index contributed by atoms with van der Waals surface area (Å²) in [5.74, 6) is 0. The largest absolute Gasteiger partial charge is 0.268 e. The number of thiophene rings is 3.